The average molecular weight is 792 g/mol. The summed E-state index contributed by atoms with van der Waals surface area (Å²) >= 11 is 0. The summed E-state index contributed by atoms with van der Waals surface area (Å²) in [7, 11) is 0. The van der Waals surface area contributed by atoms with Crippen LogP contribution in [0.1, 0.15) is 0 Å². The number of hydrogen-bond donors (Lipinski definition) is 0. The molecule has 11 aromatic rings. The fourth-order valence-electron chi connectivity index (χ4n) is 8.34. The summed E-state index contributed by atoms with van der Waals surface area (Å²) in [6, 6.07) is 77.7. The molecule has 0 radical (unpaired) electrons. The van der Waals surface area contributed by atoms with Crippen LogP contribution in [0.5, 0.6) is 0 Å². The van der Waals surface area contributed by atoms with Gasteiger partial charge < -0.3 is 0 Å². The Balaban J connectivity index is 1.04. The van der Waals surface area contributed by atoms with E-state index in [9.17, 15) is 0 Å². The van der Waals surface area contributed by atoms with Gasteiger partial charge in [-0.1, -0.05) is 218 Å². The van der Waals surface area contributed by atoms with Gasteiger partial charge in [0.25, 0.3) is 0 Å². The summed E-state index contributed by atoms with van der Waals surface area (Å²) in [6.07, 6.45) is 0. The zero-order valence-electron chi connectivity index (χ0n) is 33.6. The third kappa shape index (κ3) is 6.97. The third-order valence-corrected chi connectivity index (χ3v) is 11.4. The lowest BCUT2D eigenvalue weighted by Crippen LogP contribution is -2.00. The Hall–Kier alpha value is -8.41. The van der Waals surface area contributed by atoms with Crippen molar-refractivity contribution >= 4 is 21.5 Å². The van der Waals surface area contributed by atoms with Crippen LogP contribution in [-0.2, 0) is 0 Å². The Morgan fingerprint density at radius 2 is 0.452 bits per heavy atom. The fourth-order valence-corrected chi connectivity index (χ4v) is 8.34. The highest BCUT2D eigenvalue weighted by atomic mass is 15.0. The van der Waals surface area contributed by atoms with Crippen molar-refractivity contribution in [3.8, 4) is 90.3 Å². The monoisotopic (exact) mass is 791 g/mol. The summed E-state index contributed by atoms with van der Waals surface area (Å²) in [5, 5.41) is 4.80. The second-order valence-corrected chi connectivity index (χ2v) is 15.2. The molecule has 0 saturated carbocycles. The Morgan fingerprint density at radius 1 is 0.194 bits per heavy atom. The molecule has 0 bridgehead atoms. The van der Waals surface area contributed by atoms with Crippen LogP contribution in [0.25, 0.3) is 112 Å². The maximum absolute atomic E-state index is 5.11. The molecule has 0 saturated heterocycles. The van der Waals surface area contributed by atoms with Crippen LogP contribution in [-0.4, -0.2) is 24.9 Å². The summed E-state index contributed by atoms with van der Waals surface area (Å²) in [5.41, 5.74) is 12.2. The molecule has 9 aromatic carbocycles. The van der Waals surface area contributed by atoms with Gasteiger partial charge in [0.05, 0.1) is 11.4 Å². The van der Waals surface area contributed by atoms with Crippen molar-refractivity contribution in [1.29, 1.82) is 0 Å². The van der Waals surface area contributed by atoms with E-state index in [1.807, 2.05) is 97.1 Å². The van der Waals surface area contributed by atoms with E-state index in [-0.39, 0.29) is 0 Å². The highest BCUT2D eigenvalue weighted by Crippen LogP contribution is 2.45. The Kier molecular flexibility index (Phi) is 9.45. The standard InChI is InChI=1S/C57H37N5/c1-5-17-38(18-6-1)50-37-51(59-54(58-50)42-19-7-2-8-20-42)39-29-31-40(32-30-39)52-48-27-15-13-25-46(48)47-26-14-16-28-49(47)53(52)41-33-35-45(36-34-41)57-61-55(43-21-9-3-10-22-43)60-56(62-57)44-23-11-4-12-24-44/h1-37H. The molecule has 11 rings (SSSR count). The van der Waals surface area contributed by atoms with Gasteiger partial charge in [0.1, 0.15) is 0 Å². The molecule has 62 heavy (non-hydrogen) atoms. The summed E-state index contributed by atoms with van der Waals surface area (Å²) in [6.45, 7) is 0. The molecule has 2 aromatic heterocycles. The first-order chi connectivity index (χ1) is 30.7. The number of benzene rings is 9. The molecule has 0 atom stereocenters. The maximum atomic E-state index is 5.11. The predicted octanol–water partition coefficient (Wildman–Crippen LogP) is 14.3. The van der Waals surface area contributed by atoms with Crippen LogP contribution in [0, 0.1) is 0 Å². The van der Waals surface area contributed by atoms with Crippen molar-refractivity contribution in [3.05, 3.63) is 224 Å². The average Bonchev–Trinajstić information content (AvgIpc) is 3.37. The van der Waals surface area contributed by atoms with Gasteiger partial charge in [-0.05, 0) is 49.9 Å². The number of aromatic nitrogens is 5. The SMILES string of the molecule is c1ccc(-c2cc(-c3ccc(-c4c(-c5ccc(-c6nc(-c7ccccc7)nc(-c7ccccc7)n6)cc5)c5ccccc5c5ccccc45)cc3)nc(-c3ccccc3)n2)cc1. The minimum Gasteiger partial charge on any atom is -0.228 e. The molecule has 2 heterocycles. The highest BCUT2D eigenvalue weighted by molar-refractivity contribution is 6.21. The molecule has 0 unspecified atom stereocenters. The molecule has 5 heteroatoms. The van der Waals surface area contributed by atoms with Gasteiger partial charge in [-0.15, -0.1) is 0 Å². The van der Waals surface area contributed by atoms with Crippen molar-refractivity contribution in [2.75, 3.05) is 0 Å². The van der Waals surface area contributed by atoms with Crippen LogP contribution in [0.4, 0.5) is 0 Å². The molecule has 0 aliphatic rings. The minimum atomic E-state index is 0.624. The van der Waals surface area contributed by atoms with Crippen LogP contribution in [0.15, 0.2) is 224 Å². The van der Waals surface area contributed by atoms with Gasteiger partial charge in [0.2, 0.25) is 0 Å². The van der Waals surface area contributed by atoms with E-state index in [0.29, 0.717) is 23.3 Å². The molecule has 290 valence electrons. The molecule has 0 aliphatic carbocycles. The number of fused-ring (bicyclic) bond motifs is 3. The topological polar surface area (TPSA) is 64.5 Å². The molecular weight excluding hydrogens is 755 g/mol. The second kappa shape index (κ2) is 16.0. The zero-order valence-corrected chi connectivity index (χ0v) is 33.6. The Bertz CT molecular complexity index is 3010. The van der Waals surface area contributed by atoms with Gasteiger partial charge >= 0.3 is 0 Å². The number of hydrogen-bond acceptors (Lipinski definition) is 5. The third-order valence-electron chi connectivity index (χ3n) is 11.4. The largest absolute Gasteiger partial charge is 0.228 e. The summed E-state index contributed by atoms with van der Waals surface area (Å²) in [4.78, 5) is 25.0. The van der Waals surface area contributed by atoms with Gasteiger partial charge in [-0.3, -0.25) is 0 Å². The molecule has 0 N–H and O–H groups in total. The highest BCUT2D eigenvalue weighted by Gasteiger charge is 2.19. The maximum Gasteiger partial charge on any atom is 0.164 e. The van der Waals surface area contributed by atoms with E-state index in [1.165, 1.54) is 32.7 Å². The summed E-state index contributed by atoms with van der Waals surface area (Å²) in [5.74, 6) is 2.60. The normalized spacial score (nSPS) is 11.2. The van der Waals surface area contributed by atoms with Gasteiger partial charge in [-0.2, -0.15) is 0 Å². The van der Waals surface area contributed by atoms with Crippen molar-refractivity contribution in [2.24, 2.45) is 0 Å². The molecule has 0 fully saturated rings. The van der Waals surface area contributed by atoms with Crippen molar-refractivity contribution in [3.63, 3.8) is 0 Å². The zero-order chi connectivity index (χ0) is 41.2. The molecule has 5 nitrogen and oxygen atoms in total. The molecule has 0 aliphatic heterocycles. The van der Waals surface area contributed by atoms with E-state index in [1.54, 1.807) is 0 Å². The van der Waals surface area contributed by atoms with Crippen molar-refractivity contribution in [1.82, 2.24) is 24.9 Å². The molecule has 0 spiro atoms. The Labute approximate surface area is 359 Å². The summed E-state index contributed by atoms with van der Waals surface area (Å²) < 4.78 is 0. The first kappa shape index (κ1) is 36.7. The second-order valence-electron chi connectivity index (χ2n) is 15.2. The van der Waals surface area contributed by atoms with E-state index < -0.39 is 0 Å². The number of rotatable bonds is 8. The van der Waals surface area contributed by atoms with Crippen LogP contribution in [0.2, 0.25) is 0 Å². The first-order valence-electron chi connectivity index (χ1n) is 20.8. The van der Waals surface area contributed by atoms with E-state index in [2.05, 4.69) is 127 Å². The van der Waals surface area contributed by atoms with Crippen molar-refractivity contribution < 1.29 is 0 Å². The van der Waals surface area contributed by atoms with Gasteiger partial charge in [0.15, 0.2) is 23.3 Å². The quantitative estimate of drug-likeness (QED) is 0.143. The van der Waals surface area contributed by atoms with E-state index in [4.69, 9.17) is 24.9 Å². The Morgan fingerprint density at radius 3 is 0.839 bits per heavy atom. The van der Waals surface area contributed by atoms with Crippen LogP contribution < -0.4 is 0 Å². The lowest BCUT2D eigenvalue weighted by Gasteiger charge is -2.19. The lowest BCUT2D eigenvalue weighted by atomic mass is 9.84. The fraction of sp³-hybridized carbons (Fsp3) is 0. The van der Waals surface area contributed by atoms with Crippen LogP contribution >= 0.6 is 0 Å². The van der Waals surface area contributed by atoms with E-state index >= 15 is 0 Å². The predicted molar refractivity (Wildman–Crippen MR) is 254 cm³/mol. The van der Waals surface area contributed by atoms with Crippen molar-refractivity contribution in [2.45, 2.75) is 0 Å². The van der Waals surface area contributed by atoms with E-state index in [0.717, 1.165) is 55.9 Å². The van der Waals surface area contributed by atoms with Crippen LogP contribution in [0.3, 0.4) is 0 Å². The van der Waals surface area contributed by atoms with Gasteiger partial charge in [-0.25, -0.2) is 24.9 Å². The minimum absolute atomic E-state index is 0.624. The first-order valence-corrected chi connectivity index (χ1v) is 20.8. The molecular formula is C57H37N5. The number of nitrogens with zero attached hydrogens (tertiary/aromatic N) is 5. The molecule has 0 amide bonds. The van der Waals surface area contributed by atoms with Gasteiger partial charge in [0, 0.05) is 33.4 Å². The smallest absolute Gasteiger partial charge is 0.164 e. The lowest BCUT2D eigenvalue weighted by molar-refractivity contribution is 1.07.